The number of carbonyl (C=O) groups is 3. The van der Waals surface area contributed by atoms with E-state index in [9.17, 15) is 14.4 Å². The molecule has 3 aromatic rings. The van der Waals surface area contributed by atoms with Crippen LogP contribution in [-0.2, 0) is 16.1 Å². The summed E-state index contributed by atoms with van der Waals surface area (Å²) in [6.07, 6.45) is 0. The number of carbonyl (C=O) groups excluding carboxylic acids is 3. The van der Waals surface area contributed by atoms with Crippen molar-refractivity contribution < 1.29 is 23.9 Å². The van der Waals surface area contributed by atoms with Gasteiger partial charge in [0, 0.05) is 29.7 Å². The normalized spacial score (nSPS) is 10.3. The molecule has 0 aliphatic heterocycles. The Morgan fingerprint density at radius 1 is 0.939 bits per heavy atom. The monoisotopic (exact) mass is 486 g/mol. The highest BCUT2D eigenvalue weighted by atomic mass is 35.5. The highest BCUT2D eigenvalue weighted by Crippen LogP contribution is 2.27. The van der Waals surface area contributed by atoms with Crippen LogP contribution in [-0.4, -0.2) is 24.4 Å². The number of hydrogen-bond acceptors (Lipinski definition) is 5. The minimum atomic E-state index is -0.458. The third-order valence-electron chi connectivity index (χ3n) is 4.30. The summed E-state index contributed by atoms with van der Waals surface area (Å²) >= 11 is 11.9. The number of anilines is 1. The van der Waals surface area contributed by atoms with Crippen molar-refractivity contribution in [1.29, 1.82) is 0 Å². The SMILES string of the molecule is CC(=O)Oc1cccc(C(=O)NCc2ccc(NC(=O)COc3ccc(Cl)cc3Cl)cc2)c1. The van der Waals surface area contributed by atoms with Crippen LogP contribution < -0.4 is 20.1 Å². The van der Waals surface area contributed by atoms with Crippen LogP contribution in [0.25, 0.3) is 0 Å². The van der Waals surface area contributed by atoms with Gasteiger partial charge in [0.15, 0.2) is 6.61 Å². The lowest BCUT2D eigenvalue weighted by Gasteiger charge is -2.10. The molecule has 0 heterocycles. The highest BCUT2D eigenvalue weighted by Gasteiger charge is 2.09. The van der Waals surface area contributed by atoms with Gasteiger partial charge in [-0.15, -0.1) is 0 Å². The van der Waals surface area contributed by atoms with Crippen LogP contribution in [0, 0.1) is 0 Å². The predicted octanol–water partition coefficient (Wildman–Crippen LogP) is 4.87. The van der Waals surface area contributed by atoms with Gasteiger partial charge in [-0.1, -0.05) is 41.4 Å². The van der Waals surface area contributed by atoms with E-state index in [1.165, 1.54) is 19.1 Å². The van der Waals surface area contributed by atoms with Crippen LogP contribution in [0.1, 0.15) is 22.8 Å². The van der Waals surface area contributed by atoms with Gasteiger partial charge in [0.05, 0.1) is 5.02 Å². The summed E-state index contributed by atoms with van der Waals surface area (Å²) < 4.78 is 10.4. The molecule has 170 valence electrons. The first-order chi connectivity index (χ1) is 15.8. The van der Waals surface area contributed by atoms with E-state index in [1.54, 1.807) is 54.6 Å². The van der Waals surface area contributed by atoms with E-state index in [4.69, 9.17) is 32.7 Å². The first-order valence-electron chi connectivity index (χ1n) is 9.83. The summed E-state index contributed by atoms with van der Waals surface area (Å²) in [5.74, 6) is -0.451. The predicted molar refractivity (Wildman–Crippen MR) is 126 cm³/mol. The Balaban J connectivity index is 1.48. The average molecular weight is 487 g/mol. The molecule has 7 nitrogen and oxygen atoms in total. The number of nitrogens with one attached hydrogen (secondary N) is 2. The fraction of sp³-hybridized carbons (Fsp3) is 0.125. The Kier molecular flexibility index (Phi) is 8.29. The quantitative estimate of drug-likeness (QED) is 0.350. The minimum Gasteiger partial charge on any atom is -0.482 e. The summed E-state index contributed by atoms with van der Waals surface area (Å²) in [7, 11) is 0. The van der Waals surface area contributed by atoms with Crippen molar-refractivity contribution >= 4 is 46.7 Å². The maximum atomic E-state index is 12.4. The Morgan fingerprint density at radius 3 is 2.39 bits per heavy atom. The van der Waals surface area contributed by atoms with Crippen molar-refractivity contribution in [2.24, 2.45) is 0 Å². The van der Waals surface area contributed by atoms with Crippen LogP contribution in [0.5, 0.6) is 11.5 Å². The van der Waals surface area contributed by atoms with Crippen molar-refractivity contribution in [2.45, 2.75) is 13.5 Å². The van der Waals surface area contributed by atoms with Crippen LogP contribution in [0.3, 0.4) is 0 Å². The third-order valence-corrected chi connectivity index (χ3v) is 4.83. The summed E-state index contributed by atoms with van der Waals surface area (Å²) in [5, 5.41) is 6.31. The standard InChI is InChI=1S/C24H20Cl2N2O5/c1-15(29)33-20-4-2-3-17(11-20)24(31)27-13-16-5-8-19(9-6-16)28-23(30)14-32-22-10-7-18(25)12-21(22)26/h2-12H,13-14H2,1H3,(H,27,31)(H,28,30). The largest absolute Gasteiger partial charge is 0.482 e. The second-order valence-corrected chi connectivity index (χ2v) is 7.76. The van der Waals surface area contributed by atoms with Crippen LogP contribution in [0.15, 0.2) is 66.7 Å². The Morgan fingerprint density at radius 2 is 1.70 bits per heavy atom. The molecular weight excluding hydrogens is 467 g/mol. The second kappa shape index (κ2) is 11.4. The molecule has 0 saturated carbocycles. The van der Waals surface area contributed by atoms with Crippen LogP contribution in [0.2, 0.25) is 10.0 Å². The highest BCUT2D eigenvalue weighted by molar-refractivity contribution is 6.35. The molecule has 0 spiro atoms. The first kappa shape index (κ1) is 24.1. The van der Waals surface area contributed by atoms with Crippen LogP contribution in [0.4, 0.5) is 5.69 Å². The Bertz CT molecular complexity index is 1170. The molecule has 9 heteroatoms. The molecule has 0 aliphatic rings. The second-order valence-electron chi connectivity index (χ2n) is 6.91. The summed E-state index contributed by atoms with van der Waals surface area (Å²) in [6.45, 7) is 1.36. The summed E-state index contributed by atoms with van der Waals surface area (Å²) in [5.41, 5.74) is 1.79. The molecule has 2 N–H and O–H groups in total. The van der Waals surface area contributed by atoms with E-state index in [1.807, 2.05) is 0 Å². The lowest BCUT2D eigenvalue weighted by atomic mass is 10.1. The zero-order valence-electron chi connectivity index (χ0n) is 17.6. The van der Waals surface area contributed by atoms with E-state index >= 15 is 0 Å². The first-order valence-corrected chi connectivity index (χ1v) is 10.6. The number of rotatable bonds is 8. The molecule has 0 aromatic heterocycles. The van der Waals surface area contributed by atoms with Crippen molar-refractivity contribution in [3.63, 3.8) is 0 Å². The minimum absolute atomic E-state index is 0.217. The van der Waals surface area contributed by atoms with Gasteiger partial charge in [-0.05, 0) is 54.1 Å². The third kappa shape index (κ3) is 7.52. The summed E-state index contributed by atoms with van der Waals surface area (Å²) in [6, 6.07) is 18.1. The van der Waals surface area contributed by atoms with E-state index in [-0.39, 0.29) is 25.0 Å². The van der Waals surface area contributed by atoms with Gasteiger partial charge in [0.25, 0.3) is 11.8 Å². The van der Waals surface area contributed by atoms with Gasteiger partial charge in [0.1, 0.15) is 11.5 Å². The zero-order chi connectivity index (χ0) is 23.8. The number of halogens is 2. The van der Waals surface area contributed by atoms with Crippen LogP contribution >= 0.6 is 23.2 Å². The number of benzene rings is 3. The van der Waals surface area contributed by atoms with Gasteiger partial charge in [-0.3, -0.25) is 14.4 Å². The number of hydrogen-bond donors (Lipinski definition) is 2. The molecular formula is C24H20Cl2N2O5. The smallest absolute Gasteiger partial charge is 0.308 e. The molecule has 0 aliphatic carbocycles. The molecule has 0 bridgehead atoms. The van der Waals surface area contributed by atoms with Gasteiger partial charge in [0.2, 0.25) is 0 Å². The van der Waals surface area contributed by atoms with E-state index in [2.05, 4.69) is 10.6 Å². The van der Waals surface area contributed by atoms with Crippen molar-refractivity contribution in [2.75, 3.05) is 11.9 Å². The lowest BCUT2D eigenvalue weighted by Crippen LogP contribution is -2.23. The molecule has 33 heavy (non-hydrogen) atoms. The maximum absolute atomic E-state index is 12.4. The molecule has 0 atom stereocenters. The van der Waals surface area contributed by atoms with Crippen molar-refractivity contribution in [1.82, 2.24) is 5.32 Å². The van der Waals surface area contributed by atoms with Gasteiger partial charge in [-0.2, -0.15) is 0 Å². The zero-order valence-corrected chi connectivity index (χ0v) is 19.1. The Hall–Kier alpha value is -3.55. The summed E-state index contributed by atoms with van der Waals surface area (Å²) in [4.78, 5) is 35.5. The molecule has 0 fully saturated rings. The van der Waals surface area contributed by atoms with Crippen molar-refractivity contribution in [3.05, 3.63) is 87.9 Å². The molecule has 0 unspecified atom stereocenters. The van der Waals surface area contributed by atoms with Gasteiger partial charge < -0.3 is 20.1 Å². The van der Waals surface area contributed by atoms with E-state index in [0.29, 0.717) is 32.8 Å². The number of amides is 2. The molecule has 3 rings (SSSR count). The topological polar surface area (TPSA) is 93.7 Å². The lowest BCUT2D eigenvalue weighted by molar-refractivity contribution is -0.131. The average Bonchev–Trinajstić information content (AvgIpc) is 2.77. The van der Waals surface area contributed by atoms with Gasteiger partial charge in [-0.25, -0.2) is 0 Å². The van der Waals surface area contributed by atoms with Gasteiger partial charge >= 0.3 is 5.97 Å². The van der Waals surface area contributed by atoms with E-state index in [0.717, 1.165) is 5.56 Å². The molecule has 3 aromatic carbocycles. The Labute approximate surface area is 200 Å². The molecule has 2 amide bonds. The fourth-order valence-electron chi connectivity index (χ4n) is 2.79. The van der Waals surface area contributed by atoms with Crippen molar-refractivity contribution in [3.8, 4) is 11.5 Å². The maximum Gasteiger partial charge on any atom is 0.308 e. The number of ether oxygens (including phenoxy) is 2. The van der Waals surface area contributed by atoms with E-state index < -0.39 is 5.97 Å². The molecule has 0 radical (unpaired) electrons. The molecule has 0 saturated heterocycles. The number of esters is 1. The fourth-order valence-corrected chi connectivity index (χ4v) is 3.25.